The Kier molecular flexibility index (Phi) is 4.24. The Morgan fingerprint density at radius 1 is 1.24 bits per heavy atom. The zero-order chi connectivity index (χ0) is 14.8. The molecule has 1 saturated carbocycles. The van der Waals surface area contributed by atoms with Crippen LogP contribution < -0.4 is 5.32 Å². The molecule has 3 nitrogen and oxygen atoms in total. The summed E-state index contributed by atoms with van der Waals surface area (Å²) in [5.74, 6) is 0.688. The molecule has 1 aromatic heterocycles. The number of nitrogens with one attached hydrogen (secondary N) is 1. The number of rotatable bonds is 3. The van der Waals surface area contributed by atoms with E-state index in [1.54, 1.807) is 11.3 Å². The molecule has 0 aliphatic heterocycles. The number of amides is 1. The lowest BCUT2D eigenvalue weighted by Crippen LogP contribution is -2.18. The Hall–Kier alpha value is -1.42. The molecule has 1 amide bonds. The Balaban J connectivity index is 1.71. The van der Waals surface area contributed by atoms with Gasteiger partial charge in [-0.05, 0) is 43.7 Å². The first-order valence-corrected chi connectivity index (χ1v) is 8.62. The van der Waals surface area contributed by atoms with E-state index < -0.39 is 0 Å². The molecule has 0 unspecified atom stereocenters. The second-order valence-corrected chi connectivity index (χ2v) is 7.15. The third kappa shape index (κ3) is 3.26. The number of benzene rings is 1. The summed E-state index contributed by atoms with van der Waals surface area (Å²) in [5.41, 5.74) is 3.41. The van der Waals surface area contributed by atoms with Crippen molar-refractivity contribution in [2.75, 3.05) is 5.32 Å². The number of aromatic nitrogens is 1. The molecule has 1 heterocycles. The van der Waals surface area contributed by atoms with Crippen molar-refractivity contribution < 1.29 is 4.79 Å². The van der Waals surface area contributed by atoms with Gasteiger partial charge in [-0.2, -0.15) is 0 Å². The monoisotopic (exact) mass is 302 g/mol. The summed E-state index contributed by atoms with van der Waals surface area (Å²) in [6.45, 7) is 4.16. The van der Waals surface area contributed by atoms with E-state index in [0.29, 0.717) is 12.3 Å². The standard InChI is InChI=1S/C17H22N2OS/c1-11-8-9-12(2)16-15(11)19-17(21-16)18-14(20)10-13-6-4-3-5-7-13/h8-9,13H,3-7,10H2,1-2H3,(H,18,19,20). The van der Waals surface area contributed by atoms with Gasteiger partial charge in [0.15, 0.2) is 5.13 Å². The Labute approximate surface area is 129 Å². The predicted octanol–water partition coefficient (Wildman–Crippen LogP) is 4.82. The van der Waals surface area contributed by atoms with Gasteiger partial charge in [0, 0.05) is 6.42 Å². The molecule has 1 aromatic carbocycles. The van der Waals surface area contributed by atoms with Gasteiger partial charge in [-0.3, -0.25) is 4.79 Å². The number of nitrogens with zero attached hydrogens (tertiary/aromatic N) is 1. The van der Waals surface area contributed by atoms with Crippen LogP contribution in [0.2, 0.25) is 0 Å². The minimum absolute atomic E-state index is 0.122. The highest BCUT2D eigenvalue weighted by Crippen LogP contribution is 2.31. The molecule has 3 rings (SSSR count). The molecular weight excluding hydrogens is 280 g/mol. The van der Waals surface area contributed by atoms with E-state index in [9.17, 15) is 4.79 Å². The molecule has 1 aliphatic rings. The summed E-state index contributed by atoms with van der Waals surface area (Å²) in [4.78, 5) is 16.8. The quantitative estimate of drug-likeness (QED) is 0.883. The molecule has 1 N–H and O–H groups in total. The SMILES string of the molecule is Cc1ccc(C)c2sc(NC(=O)CC3CCCCC3)nc12. The maximum atomic E-state index is 12.2. The predicted molar refractivity (Wildman–Crippen MR) is 88.9 cm³/mol. The van der Waals surface area contributed by atoms with Crippen LogP contribution in [-0.4, -0.2) is 10.9 Å². The van der Waals surface area contributed by atoms with Crippen LogP contribution in [0.4, 0.5) is 5.13 Å². The van der Waals surface area contributed by atoms with Gasteiger partial charge in [0.1, 0.15) is 0 Å². The molecule has 4 heteroatoms. The number of aryl methyl sites for hydroxylation is 2. The summed E-state index contributed by atoms with van der Waals surface area (Å²) in [7, 11) is 0. The van der Waals surface area contributed by atoms with E-state index in [2.05, 4.69) is 36.3 Å². The highest BCUT2D eigenvalue weighted by molar-refractivity contribution is 7.22. The number of hydrogen-bond acceptors (Lipinski definition) is 3. The van der Waals surface area contributed by atoms with E-state index in [4.69, 9.17) is 0 Å². The van der Waals surface area contributed by atoms with Crippen LogP contribution in [-0.2, 0) is 4.79 Å². The van der Waals surface area contributed by atoms with Crippen LogP contribution in [0.15, 0.2) is 12.1 Å². The highest BCUT2D eigenvalue weighted by atomic mass is 32.1. The van der Waals surface area contributed by atoms with E-state index >= 15 is 0 Å². The Morgan fingerprint density at radius 2 is 1.95 bits per heavy atom. The van der Waals surface area contributed by atoms with Gasteiger partial charge >= 0.3 is 0 Å². The molecular formula is C17H22N2OS. The summed E-state index contributed by atoms with van der Waals surface area (Å²) < 4.78 is 1.18. The first-order valence-electron chi connectivity index (χ1n) is 7.80. The maximum absolute atomic E-state index is 12.2. The molecule has 0 radical (unpaired) electrons. The van der Waals surface area contributed by atoms with Crippen LogP contribution >= 0.6 is 11.3 Å². The fourth-order valence-electron chi connectivity index (χ4n) is 3.14. The van der Waals surface area contributed by atoms with Gasteiger partial charge in [-0.25, -0.2) is 4.98 Å². The average molecular weight is 302 g/mol. The minimum atomic E-state index is 0.122. The van der Waals surface area contributed by atoms with Crippen molar-refractivity contribution in [3.8, 4) is 0 Å². The lowest BCUT2D eigenvalue weighted by atomic mass is 9.87. The number of hydrogen-bond donors (Lipinski definition) is 1. The first-order chi connectivity index (χ1) is 10.1. The second-order valence-electron chi connectivity index (χ2n) is 6.15. The Bertz CT molecular complexity index is 617. The topological polar surface area (TPSA) is 42.0 Å². The summed E-state index contributed by atoms with van der Waals surface area (Å²) in [5, 5.41) is 3.74. The number of anilines is 1. The minimum Gasteiger partial charge on any atom is -0.302 e. The third-order valence-electron chi connectivity index (χ3n) is 4.39. The molecule has 0 bridgehead atoms. The lowest BCUT2D eigenvalue weighted by Gasteiger charge is -2.20. The van der Waals surface area contributed by atoms with Crippen molar-refractivity contribution in [1.29, 1.82) is 0 Å². The van der Waals surface area contributed by atoms with Gasteiger partial charge in [0.25, 0.3) is 0 Å². The number of carbonyl (C=O) groups excluding carboxylic acids is 1. The van der Waals surface area contributed by atoms with Crippen LogP contribution in [0.1, 0.15) is 49.7 Å². The van der Waals surface area contributed by atoms with Gasteiger partial charge < -0.3 is 5.32 Å². The largest absolute Gasteiger partial charge is 0.302 e. The average Bonchev–Trinajstić information content (AvgIpc) is 2.89. The molecule has 1 aliphatic carbocycles. The molecule has 112 valence electrons. The van der Waals surface area contributed by atoms with E-state index in [0.717, 1.165) is 10.6 Å². The van der Waals surface area contributed by atoms with Crippen LogP contribution in [0.25, 0.3) is 10.2 Å². The summed E-state index contributed by atoms with van der Waals surface area (Å²) >= 11 is 1.59. The van der Waals surface area contributed by atoms with Crippen LogP contribution in [0, 0.1) is 19.8 Å². The van der Waals surface area contributed by atoms with Crippen molar-refractivity contribution in [1.82, 2.24) is 4.98 Å². The molecule has 0 atom stereocenters. The van der Waals surface area contributed by atoms with Gasteiger partial charge in [0.2, 0.25) is 5.91 Å². The van der Waals surface area contributed by atoms with Crippen molar-refractivity contribution in [2.24, 2.45) is 5.92 Å². The zero-order valence-electron chi connectivity index (χ0n) is 12.7. The molecule has 1 fully saturated rings. The fraction of sp³-hybridized carbons (Fsp3) is 0.529. The maximum Gasteiger partial charge on any atom is 0.226 e. The molecule has 2 aromatic rings. The smallest absolute Gasteiger partial charge is 0.226 e. The zero-order valence-corrected chi connectivity index (χ0v) is 13.6. The van der Waals surface area contributed by atoms with E-state index in [1.165, 1.54) is 47.9 Å². The normalized spacial score (nSPS) is 16.3. The highest BCUT2D eigenvalue weighted by Gasteiger charge is 2.18. The number of carbonyl (C=O) groups is 1. The van der Waals surface area contributed by atoms with Gasteiger partial charge in [-0.1, -0.05) is 42.7 Å². The van der Waals surface area contributed by atoms with Gasteiger partial charge in [0.05, 0.1) is 10.2 Å². The Morgan fingerprint density at radius 3 is 2.67 bits per heavy atom. The third-order valence-corrected chi connectivity index (χ3v) is 5.49. The molecule has 21 heavy (non-hydrogen) atoms. The van der Waals surface area contributed by atoms with Crippen LogP contribution in [0.3, 0.4) is 0 Å². The second kappa shape index (κ2) is 6.14. The van der Waals surface area contributed by atoms with Crippen molar-refractivity contribution in [3.05, 3.63) is 23.3 Å². The van der Waals surface area contributed by atoms with Crippen molar-refractivity contribution in [2.45, 2.75) is 52.4 Å². The molecule has 0 spiro atoms. The summed E-state index contributed by atoms with van der Waals surface area (Å²) in [6.07, 6.45) is 6.92. The van der Waals surface area contributed by atoms with Gasteiger partial charge in [-0.15, -0.1) is 0 Å². The lowest BCUT2D eigenvalue weighted by molar-refractivity contribution is -0.117. The van der Waals surface area contributed by atoms with E-state index in [-0.39, 0.29) is 5.91 Å². The number of thiazole rings is 1. The summed E-state index contributed by atoms with van der Waals surface area (Å²) in [6, 6.07) is 4.20. The fourth-order valence-corrected chi connectivity index (χ4v) is 4.16. The van der Waals surface area contributed by atoms with Crippen LogP contribution in [0.5, 0.6) is 0 Å². The van der Waals surface area contributed by atoms with Crippen molar-refractivity contribution in [3.63, 3.8) is 0 Å². The van der Waals surface area contributed by atoms with E-state index in [1.807, 2.05) is 0 Å². The molecule has 0 saturated heterocycles. The number of fused-ring (bicyclic) bond motifs is 1. The van der Waals surface area contributed by atoms with Crippen molar-refractivity contribution >= 4 is 32.6 Å². The first kappa shape index (κ1) is 14.5.